The average Bonchev–Trinajstić information content (AvgIpc) is 2.42. The Morgan fingerprint density at radius 3 is 2.36 bits per heavy atom. The summed E-state index contributed by atoms with van der Waals surface area (Å²) in [6, 6.07) is 6.15. The van der Waals surface area contributed by atoms with E-state index in [0.717, 1.165) is 5.56 Å². The molecule has 2 nitrogen and oxygen atoms in total. The van der Waals surface area contributed by atoms with Crippen LogP contribution in [0, 0.1) is 5.82 Å². The van der Waals surface area contributed by atoms with E-state index >= 15 is 0 Å². The molecule has 0 fully saturated rings. The van der Waals surface area contributed by atoms with Crippen LogP contribution in [0.4, 0.5) is 4.39 Å². The highest BCUT2D eigenvalue weighted by Crippen LogP contribution is 2.36. The maximum atomic E-state index is 12.8. The predicted octanol–water partition coefficient (Wildman–Crippen LogP) is 4.77. The quantitative estimate of drug-likeness (QED) is 0.625. The van der Waals surface area contributed by atoms with Crippen molar-refractivity contribution in [3.63, 3.8) is 0 Å². The van der Waals surface area contributed by atoms with Gasteiger partial charge in [-0.25, -0.2) is 4.39 Å². The van der Waals surface area contributed by atoms with Crippen LogP contribution in [-0.2, 0) is 4.43 Å². The van der Waals surface area contributed by atoms with E-state index in [2.05, 4.69) is 39.6 Å². The van der Waals surface area contributed by atoms with Gasteiger partial charge in [0, 0.05) is 0 Å². The van der Waals surface area contributed by atoms with Gasteiger partial charge in [-0.2, -0.15) is 0 Å². The van der Waals surface area contributed by atoms with Crippen molar-refractivity contribution in [3.05, 3.63) is 47.0 Å². The first-order valence-corrected chi connectivity index (χ1v) is 10.4. The van der Waals surface area contributed by atoms with Crippen LogP contribution in [0.2, 0.25) is 18.1 Å². The van der Waals surface area contributed by atoms with Crippen molar-refractivity contribution >= 4 is 14.4 Å². The number of rotatable bonds is 5. The third-order valence-electron chi connectivity index (χ3n) is 4.24. The normalized spacial score (nSPS) is 13.5. The van der Waals surface area contributed by atoms with Crippen LogP contribution in [-0.4, -0.2) is 26.1 Å². The van der Waals surface area contributed by atoms with Crippen molar-refractivity contribution in [2.75, 3.05) is 6.61 Å². The molecule has 0 amide bonds. The van der Waals surface area contributed by atoms with Crippen LogP contribution in [0.5, 0.6) is 0 Å². The Bertz CT molecular complexity index is 549. The number of benzene rings is 1. The Hall–Kier alpha value is -1.19. The number of hydrogen-bond acceptors (Lipinski definition) is 2. The maximum absolute atomic E-state index is 12.8. The molecule has 0 bridgehead atoms. The number of hydrogen-bond donors (Lipinski definition) is 1. The Kier molecular flexibility index (Phi) is 6.33. The summed E-state index contributed by atoms with van der Waals surface area (Å²) in [5, 5.41) is 10.3. The van der Waals surface area contributed by atoms with Crippen LogP contribution in [0.15, 0.2) is 35.6 Å². The molecule has 0 radical (unpaired) electrons. The molecule has 22 heavy (non-hydrogen) atoms. The lowest BCUT2D eigenvalue weighted by Crippen LogP contribution is -2.42. The first kappa shape index (κ1) is 18.9. The zero-order chi connectivity index (χ0) is 17.0. The van der Waals surface area contributed by atoms with Gasteiger partial charge in [-0.1, -0.05) is 32.9 Å². The fourth-order valence-electron chi connectivity index (χ4n) is 1.48. The molecule has 0 saturated heterocycles. The Morgan fingerprint density at radius 1 is 1.32 bits per heavy atom. The summed E-state index contributed by atoms with van der Waals surface area (Å²) < 4.78 is 18.8. The average molecular weight is 322 g/mol. The number of aliphatic hydroxyl groups excluding tert-OH is 1. The van der Waals surface area contributed by atoms with Crippen molar-refractivity contribution in [1.29, 1.82) is 0 Å². The van der Waals surface area contributed by atoms with Crippen molar-refractivity contribution in [1.82, 2.24) is 0 Å². The molecular formula is C18H27FO2Si. The zero-order valence-corrected chi connectivity index (χ0v) is 15.4. The van der Waals surface area contributed by atoms with E-state index in [0.29, 0.717) is 5.57 Å². The maximum Gasteiger partial charge on any atom is 0.192 e. The summed E-state index contributed by atoms with van der Waals surface area (Å²) in [5.41, 5.74) is 4.60. The highest BCUT2D eigenvalue weighted by atomic mass is 28.4. The van der Waals surface area contributed by atoms with Crippen LogP contribution < -0.4 is 0 Å². The molecule has 0 aliphatic carbocycles. The van der Waals surface area contributed by atoms with E-state index in [1.165, 1.54) is 12.1 Å². The molecule has 1 atom stereocenters. The molecule has 122 valence electrons. The fraction of sp³-hybridized carbons (Fsp3) is 0.500. The molecule has 1 aromatic rings. The van der Waals surface area contributed by atoms with Crippen molar-refractivity contribution in [2.45, 2.75) is 51.9 Å². The van der Waals surface area contributed by atoms with E-state index < -0.39 is 14.4 Å². The minimum atomic E-state index is -1.86. The molecule has 1 N–H and O–H groups in total. The Balaban J connectivity index is 2.70. The van der Waals surface area contributed by atoms with Gasteiger partial charge in [0.15, 0.2) is 8.32 Å². The van der Waals surface area contributed by atoms with E-state index in [9.17, 15) is 9.50 Å². The van der Waals surface area contributed by atoms with Crippen LogP contribution in [0.25, 0.3) is 6.08 Å². The Morgan fingerprint density at radius 2 is 1.86 bits per heavy atom. The molecule has 4 heteroatoms. The molecule has 0 unspecified atom stereocenters. The van der Waals surface area contributed by atoms with Gasteiger partial charge in [0.25, 0.3) is 0 Å². The standard InChI is InChI=1S/C18H27FO2Si/c1-14(7-8-15-9-11-16(19)12-10-15)17(20)13-21-22(5,6)18(2,3)4/h8-12,17,20H,13H2,1-6H3/t7?,17-/m1/s1. The smallest absolute Gasteiger partial charge is 0.192 e. The topological polar surface area (TPSA) is 29.5 Å². The number of aliphatic hydroxyl groups is 1. The molecule has 1 aromatic carbocycles. The molecule has 1 rings (SSSR count). The highest BCUT2D eigenvalue weighted by molar-refractivity contribution is 6.74. The molecule has 0 saturated carbocycles. The zero-order valence-electron chi connectivity index (χ0n) is 14.4. The summed E-state index contributed by atoms with van der Waals surface area (Å²) >= 11 is 0. The largest absolute Gasteiger partial charge is 0.414 e. The summed E-state index contributed by atoms with van der Waals surface area (Å²) in [5.74, 6) is -0.263. The third-order valence-corrected chi connectivity index (χ3v) is 8.75. The van der Waals surface area contributed by atoms with E-state index in [1.54, 1.807) is 18.2 Å². The minimum absolute atomic E-state index is 0.119. The minimum Gasteiger partial charge on any atom is -0.414 e. The third kappa shape index (κ3) is 5.54. The van der Waals surface area contributed by atoms with E-state index in [4.69, 9.17) is 4.43 Å². The summed E-state index contributed by atoms with van der Waals surface area (Å²) in [4.78, 5) is 0. The Labute approximate surface area is 134 Å². The van der Waals surface area contributed by atoms with Gasteiger partial charge in [0.05, 0.1) is 6.61 Å². The lowest BCUT2D eigenvalue weighted by atomic mass is 10.1. The lowest BCUT2D eigenvalue weighted by Gasteiger charge is -2.36. The van der Waals surface area contributed by atoms with Crippen LogP contribution in [0.3, 0.4) is 0 Å². The van der Waals surface area contributed by atoms with Crippen LogP contribution in [0.1, 0.15) is 33.3 Å². The second-order valence-corrected chi connectivity index (χ2v) is 11.9. The molecule has 0 aliphatic rings. The van der Waals surface area contributed by atoms with Gasteiger partial charge < -0.3 is 9.53 Å². The van der Waals surface area contributed by atoms with E-state index in [-0.39, 0.29) is 17.5 Å². The second-order valence-electron chi connectivity index (χ2n) is 7.11. The lowest BCUT2D eigenvalue weighted by molar-refractivity contribution is 0.127. The molecule has 0 heterocycles. The van der Waals surface area contributed by atoms with Crippen molar-refractivity contribution < 1.29 is 13.9 Å². The van der Waals surface area contributed by atoms with Gasteiger partial charge >= 0.3 is 0 Å². The predicted molar refractivity (Wildman–Crippen MR) is 92.7 cm³/mol. The van der Waals surface area contributed by atoms with Gasteiger partial charge in [-0.05, 0) is 54.4 Å². The monoisotopic (exact) mass is 322 g/mol. The second kappa shape index (κ2) is 7.38. The molecule has 0 aliphatic heterocycles. The molecule has 0 aromatic heterocycles. The number of halogens is 1. The van der Waals surface area contributed by atoms with E-state index in [1.807, 2.05) is 6.92 Å². The van der Waals surface area contributed by atoms with Gasteiger partial charge in [-0.15, -0.1) is 5.73 Å². The molecular weight excluding hydrogens is 295 g/mol. The van der Waals surface area contributed by atoms with Gasteiger partial charge in [-0.3, -0.25) is 0 Å². The first-order valence-electron chi connectivity index (χ1n) is 7.54. The van der Waals surface area contributed by atoms with Gasteiger partial charge in [0.1, 0.15) is 11.9 Å². The van der Waals surface area contributed by atoms with Crippen molar-refractivity contribution in [2.24, 2.45) is 0 Å². The highest BCUT2D eigenvalue weighted by Gasteiger charge is 2.37. The summed E-state index contributed by atoms with van der Waals surface area (Å²) in [7, 11) is -1.86. The van der Waals surface area contributed by atoms with Crippen molar-refractivity contribution in [3.8, 4) is 0 Å². The fourth-order valence-corrected chi connectivity index (χ4v) is 2.49. The van der Waals surface area contributed by atoms with Gasteiger partial charge in [0.2, 0.25) is 0 Å². The first-order chi connectivity index (χ1) is 10.0. The molecule has 0 spiro atoms. The van der Waals surface area contributed by atoms with Crippen LogP contribution >= 0.6 is 0 Å². The SMILES string of the molecule is CC(=C=Cc1ccc(F)cc1)[C@H](O)CO[Si](C)(C)C(C)(C)C. The summed E-state index contributed by atoms with van der Waals surface area (Å²) in [6.07, 6.45) is 1.07. The summed E-state index contributed by atoms with van der Waals surface area (Å²) in [6.45, 7) is 12.9.